The van der Waals surface area contributed by atoms with Gasteiger partial charge in [0.05, 0.1) is 4.90 Å². The zero-order valence-electron chi connectivity index (χ0n) is 11.8. The normalized spacial score (nSPS) is 13.6. The fourth-order valence-electron chi connectivity index (χ4n) is 1.97. The number of thiophene rings is 1. The maximum Gasteiger partial charge on any atom is 0.242 e. The molecule has 0 aliphatic heterocycles. The average Bonchev–Trinajstić information content (AvgIpc) is 3.00. The van der Waals surface area contributed by atoms with E-state index in [4.69, 9.17) is 0 Å². The Bertz CT molecular complexity index is 660. The maximum atomic E-state index is 12.4. The van der Waals surface area contributed by atoms with Crippen LogP contribution in [0.2, 0.25) is 0 Å². The topological polar surface area (TPSA) is 63.1 Å². The summed E-state index contributed by atoms with van der Waals surface area (Å²) in [5.74, 6) is 0. The van der Waals surface area contributed by atoms with Gasteiger partial charge in [-0.3, -0.25) is 0 Å². The van der Waals surface area contributed by atoms with Gasteiger partial charge in [-0.15, -0.1) is 0 Å². The van der Waals surface area contributed by atoms with Crippen LogP contribution in [-0.4, -0.2) is 20.0 Å². The molecule has 0 amide bonds. The van der Waals surface area contributed by atoms with E-state index in [2.05, 4.69) is 10.0 Å². The van der Waals surface area contributed by atoms with E-state index in [1.165, 1.54) is 0 Å². The molecule has 110 valence electrons. The first-order chi connectivity index (χ1) is 9.44. The molecular weight excluding hydrogens is 294 g/mol. The van der Waals surface area contributed by atoms with E-state index < -0.39 is 10.0 Å². The van der Waals surface area contributed by atoms with Gasteiger partial charge in [0, 0.05) is 31.5 Å². The number of hydrogen-bond donors (Lipinski definition) is 2. The van der Waals surface area contributed by atoms with Crippen LogP contribution in [0.5, 0.6) is 0 Å². The Labute approximate surface area is 123 Å². The van der Waals surface area contributed by atoms with Crippen molar-refractivity contribution in [1.29, 1.82) is 0 Å². The van der Waals surface area contributed by atoms with E-state index >= 15 is 0 Å². The standard InChI is InChI=1S/C13H19N3O2S2/c1-10(11-4-5-19-9-11)15-20(17,18)13-6-12(7-14-2)16(3)8-13/h4-6,8-10,14-15H,7H2,1-3H3. The second kappa shape index (κ2) is 6.09. The molecule has 5 nitrogen and oxygen atoms in total. The van der Waals surface area contributed by atoms with Gasteiger partial charge in [-0.2, -0.15) is 11.3 Å². The summed E-state index contributed by atoms with van der Waals surface area (Å²) in [6, 6.07) is 3.38. The van der Waals surface area contributed by atoms with Crippen molar-refractivity contribution in [1.82, 2.24) is 14.6 Å². The van der Waals surface area contributed by atoms with Gasteiger partial charge in [0.1, 0.15) is 0 Å². The van der Waals surface area contributed by atoms with Gasteiger partial charge in [-0.1, -0.05) is 0 Å². The fraction of sp³-hybridized carbons (Fsp3) is 0.385. The van der Waals surface area contributed by atoms with Crippen LogP contribution < -0.4 is 10.0 Å². The van der Waals surface area contributed by atoms with Crippen LogP contribution in [0.25, 0.3) is 0 Å². The van der Waals surface area contributed by atoms with Gasteiger partial charge < -0.3 is 9.88 Å². The monoisotopic (exact) mass is 313 g/mol. The molecule has 7 heteroatoms. The molecule has 0 bridgehead atoms. The lowest BCUT2D eigenvalue weighted by atomic mass is 10.2. The Hall–Kier alpha value is -1.15. The highest BCUT2D eigenvalue weighted by Gasteiger charge is 2.20. The first kappa shape index (κ1) is 15.2. The SMILES string of the molecule is CNCc1cc(S(=O)(=O)NC(C)c2ccsc2)cn1C. The molecule has 1 unspecified atom stereocenters. The molecule has 0 radical (unpaired) electrons. The predicted octanol–water partition coefficient (Wildman–Crippen LogP) is 1.85. The third-order valence-corrected chi connectivity index (χ3v) is 5.34. The van der Waals surface area contributed by atoms with Gasteiger partial charge in [0.25, 0.3) is 0 Å². The fourth-order valence-corrected chi connectivity index (χ4v) is 4.05. The van der Waals surface area contributed by atoms with E-state index in [1.54, 1.807) is 23.6 Å². The summed E-state index contributed by atoms with van der Waals surface area (Å²) in [4.78, 5) is 0.298. The van der Waals surface area contributed by atoms with Crippen LogP contribution in [-0.2, 0) is 23.6 Å². The Kier molecular flexibility index (Phi) is 4.64. The Morgan fingerprint density at radius 3 is 2.80 bits per heavy atom. The van der Waals surface area contributed by atoms with Gasteiger partial charge in [-0.25, -0.2) is 13.1 Å². The molecule has 2 N–H and O–H groups in total. The number of nitrogens with one attached hydrogen (secondary N) is 2. The van der Waals surface area contributed by atoms with Crippen LogP contribution in [0.3, 0.4) is 0 Å². The van der Waals surface area contributed by atoms with Gasteiger partial charge in [0.2, 0.25) is 10.0 Å². The van der Waals surface area contributed by atoms with E-state index in [1.807, 2.05) is 42.4 Å². The number of rotatable bonds is 6. The van der Waals surface area contributed by atoms with Crippen molar-refractivity contribution >= 4 is 21.4 Å². The minimum atomic E-state index is -3.50. The molecule has 2 aromatic rings. The molecule has 0 aliphatic rings. The molecule has 2 aromatic heterocycles. The van der Waals surface area contributed by atoms with Crippen molar-refractivity contribution in [2.45, 2.75) is 24.4 Å². The molecule has 20 heavy (non-hydrogen) atoms. The van der Waals surface area contributed by atoms with Crippen molar-refractivity contribution in [3.05, 3.63) is 40.3 Å². The third kappa shape index (κ3) is 3.29. The second-order valence-corrected chi connectivity index (χ2v) is 7.20. The number of aryl methyl sites for hydroxylation is 1. The molecule has 0 aromatic carbocycles. The highest BCUT2D eigenvalue weighted by molar-refractivity contribution is 7.89. The van der Waals surface area contributed by atoms with Crippen molar-refractivity contribution in [3.8, 4) is 0 Å². The summed E-state index contributed by atoms with van der Waals surface area (Å²) in [5, 5.41) is 6.91. The summed E-state index contributed by atoms with van der Waals surface area (Å²) >= 11 is 1.56. The zero-order valence-corrected chi connectivity index (χ0v) is 13.4. The zero-order chi connectivity index (χ0) is 14.8. The Balaban J connectivity index is 2.20. The van der Waals surface area contributed by atoms with Crippen LogP contribution in [0.1, 0.15) is 24.2 Å². The van der Waals surface area contributed by atoms with E-state index in [0.29, 0.717) is 11.4 Å². The summed E-state index contributed by atoms with van der Waals surface area (Å²) in [7, 11) is 0.173. The molecule has 2 heterocycles. The van der Waals surface area contributed by atoms with Crippen LogP contribution in [0.15, 0.2) is 34.0 Å². The van der Waals surface area contributed by atoms with Crippen LogP contribution in [0.4, 0.5) is 0 Å². The number of sulfonamides is 1. The molecule has 0 saturated heterocycles. The molecule has 0 spiro atoms. The summed E-state index contributed by atoms with van der Waals surface area (Å²) in [5.41, 5.74) is 1.90. The predicted molar refractivity (Wildman–Crippen MR) is 81.2 cm³/mol. The van der Waals surface area contributed by atoms with Gasteiger partial charge >= 0.3 is 0 Å². The molecule has 0 fully saturated rings. The van der Waals surface area contributed by atoms with Crippen LogP contribution >= 0.6 is 11.3 Å². The minimum absolute atomic E-state index is 0.237. The van der Waals surface area contributed by atoms with Crippen LogP contribution in [0, 0.1) is 0 Å². The lowest BCUT2D eigenvalue weighted by Gasteiger charge is -2.11. The summed E-state index contributed by atoms with van der Waals surface area (Å²) in [6.45, 7) is 2.48. The molecule has 0 saturated carbocycles. The summed E-state index contributed by atoms with van der Waals surface area (Å²) in [6.07, 6.45) is 1.63. The number of aromatic nitrogens is 1. The first-order valence-electron chi connectivity index (χ1n) is 6.28. The third-order valence-electron chi connectivity index (χ3n) is 3.13. The highest BCUT2D eigenvalue weighted by Crippen LogP contribution is 2.20. The molecule has 1 atom stereocenters. The number of hydrogen-bond acceptors (Lipinski definition) is 4. The largest absolute Gasteiger partial charge is 0.352 e. The van der Waals surface area contributed by atoms with Crippen molar-refractivity contribution in [2.75, 3.05) is 7.05 Å². The average molecular weight is 313 g/mol. The van der Waals surface area contributed by atoms with Crippen molar-refractivity contribution in [2.24, 2.45) is 7.05 Å². The van der Waals surface area contributed by atoms with E-state index in [-0.39, 0.29) is 6.04 Å². The van der Waals surface area contributed by atoms with E-state index in [0.717, 1.165) is 11.3 Å². The quantitative estimate of drug-likeness (QED) is 0.855. The highest BCUT2D eigenvalue weighted by atomic mass is 32.2. The maximum absolute atomic E-state index is 12.4. The summed E-state index contributed by atoms with van der Waals surface area (Å²) < 4.78 is 29.3. The smallest absolute Gasteiger partial charge is 0.242 e. The first-order valence-corrected chi connectivity index (χ1v) is 8.71. The lowest BCUT2D eigenvalue weighted by Crippen LogP contribution is -2.26. The minimum Gasteiger partial charge on any atom is -0.352 e. The molecular formula is C13H19N3O2S2. The van der Waals surface area contributed by atoms with Crippen molar-refractivity contribution in [3.63, 3.8) is 0 Å². The van der Waals surface area contributed by atoms with Gasteiger partial charge in [0.15, 0.2) is 0 Å². The molecule has 2 rings (SSSR count). The second-order valence-electron chi connectivity index (χ2n) is 4.71. The Morgan fingerprint density at radius 1 is 1.45 bits per heavy atom. The van der Waals surface area contributed by atoms with E-state index in [9.17, 15) is 8.42 Å². The van der Waals surface area contributed by atoms with Crippen molar-refractivity contribution < 1.29 is 8.42 Å². The molecule has 0 aliphatic carbocycles. The lowest BCUT2D eigenvalue weighted by molar-refractivity contribution is 0.567. The number of nitrogens with zero attached hydrogens (tertiary/aromatic N) is 1. The Morgan fingerprint density at radius 2 is 2.20 bits per heavy atom. The van der Waals surface area contributed by atoms with Gasteiger partial charge in [-0.05, 0) is 42.4 Å².